The Bertz CT molecular complexity index is 953. The lowest BCUT2D eigenvalue weighted by atomic mass is 10.2. The Morgan fingerprint density at radius 2 is 2.00 bits per heavy atom. The zero-order valence-electron chi connectivity index (χ0n) is 14.4. The molecule has 0 spiro atoms. The number of hydrogen-bond acceptors (Lipinski definition) is 4. The van der Waals surface area contributed by atoms with Crippen LogP contribution in [-0.2, 0) is 6.18 Å². The van der Waals surface area contributed by atoms with Crippen LogP contribution < -0.4 is 15.4 Å². The molecule has 3 aromatic rings. The van der Waals surface area contributed by atoms with E-state index in [4.69, 9.17) is 4.74 Å². The van der Waals surface area contributed by atoms with Gasteiger partial charge in [0.25, 0.3) is 5.91 Å². The van der Waals surface area contributed by atoms with Gasteiger partial charge in [-0.1, -0.05) is 6.07 Å². The normalized spacial score (nSPS) is 11.4. The number of carbonyl (C=O) groups is 1. The van der Waals surface area contributed by atoms with Crippen molar-refractivity contribution in [3.63, 3.8) is 0 Å². The molecule has 2 heterocycles. The topological polar surface area (TPSA) is 79.0 Å². The molecule has 9 heteroatoms. The van der Waals surface area contributed by atoms with E-state index in [1.807, 2.05) is 12.1 Å². The lowest BCUT2D eigenvalue weighted by Crippen LogP contribution is -2.29. The zero-order chi connectivity index (χ0) is 19.4. The van der Waals surface area contributed by atoms with Gasteiger partial charge in [-0.05, 0) is 36.4 Å². The number of ether oxygens (including phenoxy) is 1. The maximum atomic E-state index is 12.6. The van der Waals surface area contributed by atoms with Gasteiger partial charge in [0.15, 0.2) is 0 Å². The number of fused-ring (bicyclic) bond motifs is 1. The van der Waals surface area contributed by atoms with E-state index in [2.05, 4.69) is 20.6 Å². The number of benzene rings is 1. The number of rotatable bonds is 6. The molecule has 1 aromatic carbocycles. The van der Waals surface area contributed by atoms with Crippen LogP contribution in [0.4, 0.5) is 19.0 Å². The number of hydrogen-bond donors (Lipinski definition) is 3. The summed E-state index contributed by atoms with van der Waals surface area (Å²) in [5.74, 6) is 0.465. The lowest BCUT2D eigenvalue weighted by Gasteiger charge is -2.10. The molecular formula is C18H17F3N4O2. The number of aromatic amines is 1. The Hall–Kier alpha value is -3.23. The molecule has 142 valence electrons. The summed E-state index contributed by atoms with van der Waals surface area (Å²) in [4.78, 5) is 18.7. The second-order valence-corrected chi connectivity index (χ2v) is 5.72. The quantitative estimate of drug-likeness (QED) is 0.574. The van der Waals surface area contributed by atoms with Gasteiger partial charge in [-0.25, -0.2) is 4.98 Å². The van der Waals surface area contributed by atoms with Crippen molar-refractivity contribution in [1.29, 1.82) is 0 Å². The molecule has 0 bridgehead atoms. The molecule has 3 rings (SSSR count). The number of pyridine rings is 1. The third kappa shape index (κ3) is 4.49. The number of H-pyrrole nitrogens is 1. The Balaban J connectivity index is 1.54. The Labute approximate surface area is 152 Å². The van der Waals surface area contributed by atoms with Gasteiger partial charge in [0.05, 0.1) is 7.11 Å². The molecule has 3 N–H and O–H groups in total. The zero-order valence-corrected chi connectivity index (χ0v) is 14.4. The van der Waals surface area contributed by atoms with Gasteiger partial charge < -0.3 is 20.4 Å². The number of amides is 1. The molecule has 27 heavy (non-hydrogen) atoms. The highest BCUT2D eigenvalue weighted by Crippen LogP contribution is 2.28. The fraction of sp³-hybridized carbons (Fsp3) is 0.222. The highest BCUT2D eigenvalue weighted by atomic mass is 19.4. The standard InChI is InChI=1S/C18H17F3N4O2/c1-27-12-5-6-13-11(9-12)10-14(24-13)17(26)23-8-7-22-16-4-2-3-15(25-16)18(19,20)21/h2-6,9-10,24H,7-8H2,1H3,(H,22,25)(H,23,26). The number of alkyl halides is 3. The first-order chi connectivity index (χ1) is 12.9. The van der Waals surface area contributed by atoms with E-state index >= 15 is 0 Å². The van der Waals surface area contributed by atoms with Crippen LogP contribution in [-0.4, -0.2) is 36.1 Å². The summed E-state index contributed by atoms with van der Waals surface area (Å²) >= 11 is 0. The molecule has 0 saturated heterocycles. The summed E-state index contributed by atoms with van der Waals surface area (Å²) in [5.41, 5.74) is 0.215. The molecular weight excluding hydrogens is 361 g/mol. The highest BCUT2D eigenvalue weighted by molar-refractivity contribution is 5.98. The van der Waals surface area contributed by atoms with Crippen molar-refractivity contribution in [2.75, 3.05) is 25.5 Å². The largest absolute Gasteiger partial charge is 0.497 e. The van der Waals surface area contributed by atoms with E-state index < -0.39 is 11.9 Å². The third-order valence-corrected chi connectivity index (χ3v) is 3.83. The monoisotopic (exact) mass is 378 g/mol. The highest BCUT2D eigenvalue weighted by Gasteiger charge is 2.32. The number of nitrogens with one attached hydrogen (secondary N) is 3. The van der Waals surface area contributed by atoms with Gasteiger partial charge in [-0.15, -0.1) is 0 Å². The van der Waals surface area contributed by atoms with Gasteiger partial charge in [-0.3, -0.25) is 4.79 Å². The van der Waals surface area contributed by atoms with Crippen molar-refractivity contribution in [3.8, 4) is 5.75 Å². The molecule has 0 aliphatic rings. The minimum Gasteiger partial charge on any atom is -0.497 e. The van der Waals surface area contributed by atoms with Crippen LogP contribution in [0.1, 0.15) is 16.2 Å². The van der Waals surface area contributed by atoms with Gasteiger partial charge in [0, 0.05) is 24.0 Å². The summed E-state index contributed by atoms with van der Waals surface area (Å²) in [6, 6.07) is 10.7. The fourth-order valence-corrected chi connectivity index (χ4v) is 2.51. The molecule has 1 amide bonds. The predicted octanol–water partition coefficient (Wildman–Crippen LogP) is 3.43. The summed E-state index contributed by atoms with van der Waals surface area (Å²) in [6.07, 6.45) is -4.50. The minimum atomic E-state index is -4.50. The summed E-state index contributed by atoms with van der Waals surface area (Å²) < 4.78 is 43.0. The molecule has 0 radical (unpaired) electrons. The Morgan fingerprint density at radius 1 is 1.19 bits per heavy atom. The number of aromatic nitrogens is 2. The van der Waals surface area contributed by atoms with Gasteiger partial charge >= 0.3 is 6.18 Å². The number of nitrogens with zero attached hydrogens (tertiary/aromatic N) is 1. The number of carbonyl (C=O) groups excluding carboxylic acids is 1. The number of anilines is 1. The van der Waals surface area contributed by atoms with Crippen molar-refractivity contribution in [3.05, 3.63) is 53.9 Å². The molecule has 0 fully saturated rings. The summed E-state index contributed by atoms with van der Waals surface area (Å²) in [5, 5.41) is 6.28. The molecule has 0 atom stereocenters. The van der Waals surface area contributed by atoms with Crippen LogP contribution >= 0.6 is 0 Å². The second kappa shape index (κ2) is 7.56. The van der Waals surface area contributed by atoms with Crippen LogP contribution in [0.5, 0.6) is 5.75 Å². The first-order valence-corrected chi connectivity index (χ1v) is 8.10. The van der Waals surface area contributed by atoms with Gasteiger partial charge in [-0.2, -0.15) is 13.2 Å². The third-order valence-electron chi connectivity index (χ3n) is 3.83. The first-order valence-electron chi connectivity index (χ1n) is 8.10. The van der Waals surface area contributed by atoms with Crippen LogP contribution in [0, 0.1) is 0 Å². The van der Waals surface area contributed by atoms with Crippen LogP contribution in [0.3, 0.4) is 0 Å². The summed E-state index contributed by atoms with van der Waals surface area (Å²) in [7, 11) is 1.56. The van der Waals surface area contributed by atoms with Crippen molar-refractivity contribution >= 4 is 22.6 Å². The fourth-order valence-electron chi connectivity index (χ4n) is 2.51. The number of methoxy groups -OCH3 is 1. The minimum absolute atomic E-state index is 0.0942. The van der Waals surface area contributed by atoms with E-state index in [-0.39, 0.29) is 24.8 Å². The molecule has 0 unspecified atom stereocenters. The maximum Gasteiger partial charge on any atom is 0.433 e. The van der Waals surface area contributed by atoms with Gasteiger partial charge in [0.1, 0.15) is 23.0 Å². The second-order valence-electron chi connectivity index (χ2n) is 5.72. The Kier molecular flexibility index (Phi) is 5.20. The summed E-state index contributed by atoms with van der Waals surface area (Å²) in [6.45, 7) is 0.448. The maximum absolute atomic E-state index is 12.6. The van der Waals surface area contributed by atoms with Crippen LogP contribution in [0.15, 0.2) is 42.5 Å². The van der Waals surface area contributed by atoms with E-state index in [0.29, 0.717) is 11.4 Å². The van der Waals surface area contributed by atoms with E-state index in [0.717, 1.165) is 17.0 Å². The van der Waals surface area contributed by atoms with E-state index in [9.17, 15) is 18.0 Å². The van der Waals surface area contributed by atoms with E-state index in [1.54, 1.807) is 19.2 Å². The van der Waals surface area contributed by atoms with Crippen molar-refractivity contribution in [2.24, 2.45) is 0 Å². The van der Waals surface area contributed by atoms with E-state index in [1.165, 1.54) is 12.1 Å². The van der Waals surface area contributed by atoms with Crippen molar-refractivity contribution < 1.29 is 22.7 Å². The lowest BCUT2D eigenvalue weighted by molar-refractivity contribution is -0.141. The predicted molar refractivity (Wildman–Crippen MR) is 94.9 cm³/mol. The molecule has 2 aromatic heterocycles. The van der Waals surface area contributed by atoms with Crippen LogP contribution in [0.2, 0.25) is 0 Å². The SMILES string of the molecule is COc1ccc2[nH]c(C(=O)NCCNc3cccc(C(F)(F)F)n3)cc2c1. The first kappa shape index (κ1) is 18.6. The number of halogens is 3. The van der Waals surface area contributed by atoms with Crippen molar-refractivity contribution in [2.45, 2.75) is 6.18 Å². The smallest absolute Gasteiger partial charge is 0.433 e. The molecule has 6 nitrogen and oxygen atoms in total. The van der Waals surface area contributed by atoms with Crippen molar-refractivity contribution in [1.82, 2.24) is 15.3 Å². The average Bonchev–Trinajstić information content (AvgIpc) is 3.08. The van der Waals surface area contributed by atoms with Crippen LogP contribution in [0.25, 0.3) is 10.9 Å². The van der Waals surface area contributed by atoms with Gasteiger partial charge in [0.2, 0.25) is 0 Å². The molecule has 0 aliphatic heterocycles. The Morgan fingerprint density at radius 3 is 2.74 bits per heavy atom. The average molecular weight is 378 g/mol. The molecule has 0 saturated carbocycles. The molecule has 0 aliphatic carbocycles.